The third kappa shape index (κ3) is 9.00. The maximum atomic E-state index is 5.86. The van der Waals surface area contributed by atoms with Crippen molar-refractivity contribution in [1.29, 1.82) is 0 Å². The van der Waals surface area contributed by atoms with Gasteiger partial charge in [0.1, 0.15) is 0 Å². The lowest BCUT2D eigenvalue weighted by molar-refractivity contribution is 0.108. The average Bonchev–Trinajstić information content (AvgIpc) is 2.01. The maximum absolute atomic E-state index is 5.86. The van der Waals surface area contributed by atoms with Gasteiger partial charge in [-0.05, 0) is 25.1 Å². The fourth-order valence-electron chi connectivity index (χ4n) is 1.58. The fourth-order valence-corrected chi connectivity index (χ4v) is 4.40. The monoisotopic (exact) mass is 238 g/mol. The molecule has 0 unspecified atom stereocenters. The summed E-state index contributed by atoms with van der Waals surface area (Å²) in [6.07, 6.45) is 0. The Balaban J connectivity index is 3.45. The molecule has 86 valence electrons. The second kappa shape index (κ2) is 7.68. The highest BCUT2D eigenvalue weighted by molar-refractivity contribution is 6.71. The Morgan fingerprint density at radius 2 is 1.79 bits per heavy atom. The van der Waals surface area contributed by atoms with E-state index in [1.54, 1.807) is 0 Å². The molecule has 0 N–H and O–H groups in total. The van der Waals surface area contributed by atoms with Crippen molar-refractivity contribution in [1.82, 2.24) is 0 Å². The second-order valence-electron chi connectivity index (χ2n) is 4.51. The zero-order valence-electron chi connectivity index (χ0n) is 9.81. The SMILES string of the molecule is CC(C)C[Si](C)(C)OCCOCCCl. The van der Waals surface area contributed by atoms with Crippen LogP contribution >= 0.6 is 11.6 Å². The average molecular weight is 239 g/mol. The van der Waals surface area contributed by atoms with Gasteiger partial charge >= 0.3 is 0 Å². The molecule has 0 rings (SSSR count). The van der Waals surface area contributed by atoms with E-state index in [1.165, 1.54) is 6.04 Å². The van der Waals surface area contributed by atoms with E-state index in [4.69, 9.17) is 20.8 Å². The number of hydrogen-bond donors (Lipinski definition) is 0. The molecule has 0 bridgehead atoms. The quantitative estimate of drug-likeness (QED) is 0.368. The summed E-state index contributed by atoms with van der Waals surface area (Å²) < 4.78 is 11.1. The molecular formula is C10H23ClO2Si. The van der Waals surface area contributed by atoms with E-state index < -0.39 is 8.32 Å². The van der Waals surface area contributed by atoms with Crippen molar-refractivity contribution in [2.24, 2.45) is 5.92 Å². The minimum absolute atomic E-state index is 0.562. The van der Waals surface area contributed by atoms with Crippen LogP contribution in [0.3, 0.4) is 0 Å². The van der Waals surface area contributed by atoms with Crippen molar-refractivity contribution in [2.75, 3.05) is 25.7 Å². The molecule has 0 aliphatic rings. The summed E-state index contributed by atoms with van der Waals surface area (Å²) in [6.45, 7) is 11.0. The molecule has 0 aromatic heterocycles. The first-order valence-corrected chi connectivity index (χ1v) is 8.90. The molecule has 0 aliphatic heterocycles. The third-order valence-corrected chi connectivity index (χ3v) is 4.78. The Labute approximate surface area is 94.1 Å². The molecule has 2 nitrogen and oxygen atoms in total. The zero-order chi connectivity index (χ0) is 11.0. The van der Waals surface area contributed by atoms with Gasteiger partial charge in [0.15, 0.2) is 8.32 Å². The van der Waals surface area contributed by atoms with Crippen molar-refractivity contribution in [3.63, 3.8) is 0 Å². The van der Waals surface area contributed by atoms with Crippen LogP contribution < -0.4 is 0 Å². The van der Waals surface area contributed by atoms with Crippen LogP contribution in [0.2, 0.25) is 19.1 Å². The van der Waals surface area contributed by atoms with Crippen molar-refractivity contribution in [3.05, 3.63) is 0 Å². The first-order valence-electron chi connectivity index (χ1n) is 5.25. The minimum atomic E-state index is -1.44. The lowest BCUT2D eigenvalue weighted by Gasteiger charge is -2.24. The van der Waals surface area contributed by atoms with Gasteiger partial charge in [0.25, 0.3) is 0 Å². The van der Waals surface area contributed by atoms with Crippen LogP contribution in [0.4, 0.5) is 0 Å². The molecule has 0 aromatic rings. The van der Waals surface area contributed by atoms with E-state index in [2.05, 4.69) is 26.9 Å². The summed E-state index contributed by atoms with van der Waals surface area (Å²) in [7, 11) is -1.44. The van der Waals surface area contributed by atoms with E-state index in [1.807, 2.05) is 0 Å². The number of hydrogen-bond acceptors (Lipinski definition) is 2. The smallest absolute Gasteiger partial charge is 0.187 e. The predicted molar refractivity (Wildman–Crippen MR) is 64.6 cm³/mol. The number of ether oxygens (including phenoxy) is 1. The summed E-state index contributed by atoms with van der Waals surface area (Å²) in [4.78, 5) is 0. The van der Waals surface area contributed by atoms with Crippen LogP contribution in [0.1, 0.15) is 13.8 Å². The van der Waals surface area contributed by atoms with Crippen LogP contribution in [0.15, 0.2) is 0 Å². The topological polar surface area (TPSA) is 18.5 Å². The van der Waals surface area contributed by atoms with Gasteiger partial charge in [-0.15, -0.1) is 11.6 Å². The first kappa shape index (κ1) is 14.4. The summed E-state index contributed by atoms with van der Waals surface area (Å²) in [6, 6.07) is 1.21. The van der Waals surface area contributed by atoms with Crippen LogP contribution in [0.5, 0.6) is 0 Å². The minimum Gasteiger partial charge on any atom is -0.415 e. The van der Waals surface area contributed by atoms with Gasteiger partial charge < -0.3 is 9.16 Å². The van der Waals surface area contributed by atoms with E-state index in [0.29, 0.717) is 25.7 Å². The van der Waals surface area contributed by atoms with Crippen LogP contribution in [0, 0.1) is 5.92 Å². The highest BCUT2D eigenvalue weighted by atomic mass is 35.5. The Morgan fingerprint density at radius 3 is 2.29 bits per heavy atom. The lowest BCUT2D eigenvalue weighted by Crippen LogP contribution is -2.33. The third-order valence-electron chi connectivity index (χ3n) is 1.84. The van der Waals surface area contributed by atoms with Gasteiger partial charge in [-0.1, -0.05) is 13.8 Å². The standard InChI is InChI=1S/C10H23ClO2Si/c1-10(2)9-14(3,4)13-8-7-12-6-5-11/h10H,5-9H2,1-4H3. The Kier molecular flexibility index (Phi) is 7.92. The fraction of sp³-hybridized carbons (Fsp3) is 1.00. The molecule has 0 aliphatic carbocycles. The summed E-state index contributed by atoms with van der Waals surface area (Å²) in [5, 5.41) is 0. The van der Waals surface area contributed by atoms with Crippen molar-refractivity contribution < 1.29 is 9.16 Å². The van der Waals surface area contributed by atoms with Gasteiger partial charge in [-0.3, -0.25) is 0 Å². The van der Waals surface area contributed by atoms with E-state index in [-0.39, 0.29) is 0 Å². The zero-order valence-corrected chi connectivity index (χ0v) is 11.6. The summed E-state index contributed by atoms with van der Waals surface area (Å²) in [5.41, 5.74) is 0. The molecule has 0 amide bonds. The summed E-state index contributed by atoms with van der Waals surface area (Å²) >= 11 is 5.48. The molecule has 0 aromatic carbocycles. The van der Waals surface area contributed by atoms with E-state index in [9.17, 15) is 0 Å². The lowest BCUT2D eigenvalue weighted by atomic mass is 10.3. The van der Waals surface area contributed by atoms with Crippen LogP contribution in [-0.2, 0) is 9.16 Å². The Morgan fingerprint density at radius 1 is 1.14 bits per heavy atom. The Bertz CT molecular complexity index is 140. The molecule has 0 saturated carbocycles. The highest BCUT2D eigenvalue weighted by Crippen LogP contribution is 2.17. The maximum Gasteiger partial charge on any atom is 0.187 e. The molecule has 0 fully saturated rings. The molecule has 0 radical (unpaired) electrons. The van der Waals surface area contributed by atoms with Crippen molar-refractivity contribution in [3.8, 4) is 0 Å². The molecule has 0 atom stereocenters. The summed E-state index contributed by atoms with van der Waals surface area (Å²) in [5.74, 6) is 1.28. The van der Waals surface area contributed by atoms with Crippen molar-refractivity contribution >= 4 is 19.9 Å². The molecular weight excluding hydrogens is 216 g/mol. The van der Waals surface area contributed by atoms with Crippen LogP contribution in [0.25, 0.3) is 0 Å². The predicted octanol–water partition coefficient (Wildman–Crippen LogP) is 3.12. The van der Waals surface area contributed by atoms with E-state index in [0.717, 1.165) is 5.92 Å². The van der Waals surface area contributed by atoms with Crippen molar-refractivity contribution in [2.45, 2.75) is 33.0 Å². The number of alkyl halides is 1. The van der Waals surface area contributed by atoms with Gasteiger partial charge in [-0.2, -0.15) is 0 Å². The van der Waals surface area contributed by atoms with Gasteiger partial charge in [0.05, 0.1) is 19.8 Å². The van der Waals surface area contributed by atoms with Gasteiger partial charge in [0.2, 0.25) is 0 Å². The molecule has 4 heteroatoms. The number of rotatable bonds is 8. The molecule has 0 saturated heterocycles. The molecule has 0 heterocycles. The van der Waals surface area contributed by atoms with Crippen LogP contribution in [-0.4, -0.2) is 34.0 Å². The normalized spacial score (nSPS) is 12.4. The largest absolute Gasteiger partial charge is 0.415 e. The van der Waals surface area contributed by atoms with E-state index >= 15 is 0 Å². The highest BCUT2D eigenvalue weighted by Gasteiger charge is 2.23. The second-order valence-corrected chi connectivity index (χ2v) is 9.10. The van der Waals surface area contributed by atoms with Gasteiger partial charge in [-0.25, -0.2) is 0 Å². The Hall–Kier alpha value is 0.427. The molecule has 0 spiro atoms. The number of halogens is 1. The van der Waals surface area contributed by atoms with Gasteiger partial charge in [0, 0.05) is 5.88 Å². The molecule has 14 heavy (non-hydrogen) atoms. The first-order chi connectivity index (χ1) is 6.48.